The number of rotatable bonds is 4. The molecule has 0 fully saturated rings. The topological polar surface area (TPSA) is 40.7 Å². The van der Waals surface area contributed by atoms with Crippen LogP contribution in [0.25, 0.3) is 10.9 Å². The van der Waals surface area contributed by atoms with Gasteiger partial charge in [-0.1, -0.05) is 6.07 Å². The number of thioether (sulfide) groups is 1. The third-order valence-corrected chi connectivity index (χ3v) is 3.78. The molecular formula is C15H15N3S. The van der Waals surface area contributed by atoms with E-state index >= 15 is 0 Å². The molecule has 0 aliphatic rings. The van der Waals surface area contributed by atoms with Crippen LogP contribution in [0.5, 0.6) is 0 Å². The molecule has 1 aromatic carbocycles. The number of hydrogen-bond donors (Lipinski definition) is 2. The van der Waals surface area contributed by atoms with Gasteiger partial charge in [-0.15, -0.1) is 11.8 Å². The van der Waals surface area contributed by atoms with Gasteiger partial charge >= 0.3 is 0 Å². The Balaban J connectivity index is 1.70. The minimum Gasteiger partial charge on any atom is -0.366 e. The van der Waals surface area contributed by atoms with Crippen molar-refractivity contribution in [3.63, 3.8) is 0 Å². The zero-order valence-corrected chi connectivity index (χ0v) is 11.5. The Kier molecular flexibility index (Phi) is 3.42. The number of aromatic amines is 1. The molecule has 96 valence electrons. The van der Waals surface area contributed by atoms with E-state index in [0.717, 1.165) is 12.4 Å². The van der Waals surface area contributed by atoms with E-state index in [1.54, 1.807) is 11.8 Å². The molecule has 2 aromatic heterocycles. The van der Waals surface area contributed by atoms with Gasteiger partial charge in [0.2, 0.25) is 0 Å². The maximum Gasteiger partial charge on any atom is 0.126 e. The van der Waals surface area contributed by atoms with Gasteiger partial charge in [0, 0.05) is 29.4 Å². The molecule has 3 aromatic rings. The number of H-pyrrole nitrogens is 1. The van der Waals surface area contributed by atoms with E-state index < -0.39 is 0 Å². The van der Waals surface area contributed by atoms with Crippen LogP contribution >= 0.6 is 11.8 Å². The van der Waals surface area contributed by atoms with E-state index in [1.165, 1.54) is 21.4 Å². The summed E-state index contributed by atoms with van der Waals surface area (Å²) in [5.74, 6) is 0.909. The summed E-state index contributed by atoms with van der Waals surface area (Å²) in [5, 5.41) is 4.58. The molecule has 4 heteroatoms. The fraction of sp³-hybridized carbons (Fsp3) is 0.133. The Morgan fingerprint density at radius 2 is 2.16 bits per heavy atom. The fourth-order valence-electron chi connectivity index (χ4n) is 2.01. The van der Waals surface area contributed by atoms with Crippen LogP contribution in [-0.2, 0) is 6.54 Å². The highest BCUT2D eigenvalue weighted by atomic mass is 32.2. The molecule has 19 heavy (non-hydrogen) atoms. The molecule has 2 N–H and O–H groups in total. The second-order valence-corrected chi connectivity index (χ2v) is 5.22. The van der Waals surface area contributed by atoms with Crippen molar-refractivity contribution < 1.29 is 0 Å². The predicted octanol–water partition coefficient (Wildman–Crippen LogP) is 3.90. The largest absolute Gasteiger partial charge is 0.366 e. The number of nitrogens with zero attached hydrogens (tertiary/aromatic N) is 1. The van der Waals surface area contributed by atoms with Crippen molar-refractivity contribution in [3.8, 4) is 0 Å². The molecule has 0 spiro atoms. The molecule has 0 saturated carbocycles. The summed E-state index contributed by atoms with van der Waals surface area (Å²) in [7, 11) is 0. The van der Waals surface area contributed by atoms with Crippen molar-refractivity contribution in [3.05, 3.63) is 54.4 Å². The van der Waals surface area contributed by atoms with Crippen molar-refractivity contribution in [2.24, 2.45) is 0 Å². The Morgan fingerprint density at radius 1 is 1.21 bits per heavy atom. The summed E-state index contributed by atoms with van der Waals surface area (Å²) in [6.45, 7) is 0.784. The highest BCUT2D eigenvalue weighted by Gasteiger charge is 1.99. The molecule has 0 atom stereocenters. The number of fused-ring (bicyclic) bond motifs is 1. The Bertz CT molecular complexity index is 673. The smallest absolute Gasteiger partial charge is 0.126 e. The summed E-state index contributed by atoms with van der Waals surface area (Å²) in [4.78, 5) is 8.76. The summed E-state index contributed by atoms with van der Waals surface area (Å²) >= 11 is 1.70. The third-order valence-electron chi connectivity index (χ3n) is 3.06. The van der Waals surface area contributed by atoms with Gasteiger partial charge in [-0.3, -0.25) is 0 Å². The summed E-state index contributed by atoms with van der Waals surface area (Å²) in [6, 6.07) is 12.6. The van der Waals surface area contributed by atoms with Crippen molar-refractivity contribution in [1.29, 1.82) is 0 Å². The number of hydrogen-bond acceptors (Lipinski definition) is 3. The molecule has 0 aliphatic carbocycles. The maximum absolute atomic E-state index is 4.38. The van der Waals surface area contributed by atoms with Crippen LogP contribution in [-0.4, -0.2) is 16.2 Å². The molecule has 2 heterocycles. The number of benzene rings is 1. The van der Waals surface area contributed by atoms with Crippen molar-refractivity contribution in [2.45, 2.75) is 11.4 Å². The van der Waals surface area contributed by atoms with Crippen molar-refractivity contribution >= 4 is 28.5 Å². The molecule has 0 unspecified atom stereocenters. The molecule has 0 saturated heterocycles. The Labute approximate surface area is 116 Å². The minimum atomic E-state index is 0.784. The van der Waals surface area contributed by atoms with Crippen molar-refractivity contribution in [1.82, 2.24) is 9.97 Å². The zero-order valence-electron chi connectivity index (χ0n) is 10.7. The van der Waals surface area contributed by atoms with Crippen LogP contribution in [0, 0.1) is 0 Å². The van der Waals surface area contributed by atoms with E-state index in [-0.39, 0.29) is 0 Å². The number of pyridine rings is 1. The monoisotopic (exact) mass is 269 g/mol. The van der Waals surface area contributed by atoms with Gasteiger partial charge in [-0.25, -0.2) is 4.98 Å². The first-order valence-corrected chi connectivity index (χ1v) is 7.37. The van der Waals surface area contributed by atoms with Gasteiger partial charge in [-0.2, -0.15) is 0 Å². The summed E-state index contributed by atoms with van der Waals surface area (Å²) < 4.78 is 0. The molecule has 3 rings (SSSR count). The van der Waals surface area contributed by atoms with Crippen LogP contribution in [0.1, 0.15) is 5.56 Å². The summed E-state index contributed by atoms with van der Waals surface area (Å²) in [6.07, 6.45) is 5.91. The molecule has 0 aliphatic heterocycles. The van der Waals surface area contributed by atoms with E-state index in [4.69, 9.17) is 0 Å². The number of nitrogens with one attached hydrogen (secondary N) is 2. The van der Waals surface area contributed by atoms with Gasteiger partial charge in [0.25, 0.3) is 0 Å². The van der Waals surface area contributed by atoms with Crippen LogP contribution in [0.2, 0.25) is 0 Å². The predicted molar refractivity (Wildman–Crippen MR) is 81.6 cm³/mol. The SMILES string of the molecule is CSc1ccc(NCc2ccc3[nH]ccc3c2)nc1. The first-order valence-electron chi connectivity index (χ1n) is 6.15. The lowest BCUT2D eigenvalue weighted by atomic mass is 10.1. The second kappa shape index (κ2) is 5.36. The number of aromatic nitrogens is 2. The first-order chi connectivity index (χ1) is 9.35. The van der Waals surface area contributed by atoms with Crippen LogP contribution < -0.4 is 5.32 Å². The van der Waals surface area contributed by atoms with Gasteiger partial charge < -0.3 is 10.3 Å². The van der Waals surface area contributed by atoms with Crippen LogP contribution in [0.4, 0.5) is 5.82 Å². The lowest BCUT2D eigenvalue weighted by Gasteiger charge is -2.06. The van der Waals surface area contributed by atoms with Gasteiger partial charge in [-0.05, 0) is 47.5 Å². The van der Waals surface area contributed by atoms with Gasteiger partial charge in [0.15, 0.2) is 0 Å². The van der Waals surface area contributed by atoms with Gasteiger partial charge in [0.1, 0.15) is 5.82 Å². The van der Waals surface area contributed by atoms with Crippen molar-refractivity contribution in [2.75, 3.05) is 11.6 Å². The lowest BCUT2D eigenvalue weighted by molar-refractivity contribution is 1.10. The Hall–Kier alpha value is -1.94. The minimum absolute atomic E-state index is 0.784. The van der Waals surface area contributed by atoms with E-state index in [2.05, 4.69) is 51.9 Å². The van der Waals surface area contributed by atoms with E-state index in [0.29, 0.717) is 0 Å². The highest BCUT2D eigenvalue weighted by Crippen LogP contribution is 2.17. The average Bonchev–Trinajstić information content (AvgIpc) is 2.93. The highest BCUT2D eigenvalue weighted by molar-refractivity contribution is 7.98. The molecule has 0 amide bonds. The van der Waals surface area contributed by atoms with Gasteiger partial charge in [0.05, 0.1) is 0 Å². The maximum atomic E-state index is 4.38. The molecule has 0 bridgehead atoms. The average molecular weight is 269 g/mol. The molecular weight excluding hydrogens is 254 g/mol. The molecule has 3 nitrogen and oxygen atoms in total. The standard InChI is InChI=1S/C15H15N3S/c1-19-13-3-5-15(18-10-13)17-9-11-2-4-14-12(8-11)6-7-16-14/h2-8,10,16H,9H2,1H3,(H,17,18). The van der Waals surface area contributed by atoms with E-state index in [1.807, 2.05) is 18.5 Å². The third kappa shape index (κ3) is 2.74. The zero-order chi connectivity index (χ0) is 13.1. The van der Waals surface area contributed by atoms with E-state index in [9.17, 15) is 0 Å². The molecule has 0 radical (unpaired) electrons. The summed E-state index contributed by atoms with van der Waals surface area (Å²) in [5.41, 5.74) is 2.43. The van der Waals surface area contributed by atoms with Crippen LogP contribution in [0.15, 0.2) is 53.7 Å². The second-order valence-electron chi connectivity index (χ2n) is 4.34. The number of anilines is 1. The lowest BCUT2D eigenvalue weighted by Crippen LogP contribution is -2.00. The normalized spacial score (nSPS) is 10.8. The van der Waals surface area contributed by atoms with Crippen LogP contribution in [0.3, 0.4) is 0 Å². The Morgan fingerprint density at radius 3 is 2.95 bits per heavy atom. The fourth-order valence-corrected chi connectivity index (χ4v) is 2.37. The first kappa shape index (κ1) is 12.1. The quantitative estimate of drug-likeness (QED) is 0.706.